The predicted molar refractivity (Wildman–Crippen MR) is 66.5 cm³/mol. The van der Waals surface area contributed by atoms with Crippen molar-refractivity contribution in [2.24, 2.45) is 0 Å². The van der Waals surface area contributed by atoms with E-state index in [2.05, 4.69) is 26.1 Å². The lowest BCUT2D eigenvalue weighted by Gasteiger charge is -2.08. The number of hydrogen-bond acceptors (Lipinski definition) is 3. The van der Waals surface area contributed by atoms with Crippen molar-refractivity contribution in [2.45, 2.75) is 6.92 Å². The second-order valence-corrected chi connectivity index (χ2v) is 4.26. The second-order valence-electron chi connectivity index (χ2n) is 3.45. The lowest BCUT2D eigenvalue weighted by atomic mass is 10.1. The fourth-order valence-electron chi connectivity index (χ4n) is 1.48. The summed E-state index contributed by atoms with van der Waals surface area (Å²) >= 11 is 3.26. The van der Waals surface area contributed by atoms with Gasteiger partial charge in [0.15, 0.2) is 0 Å². The highest BCUT2D eigenvalue weighted by atomic mass is 79.9. The van der Waals surface area contributed by atoms with Gasteiger partial charge in [-0.25, -0.2) is 0 Å². The van der Waals surface area contributed by atoms with Crippen LogP contribution in [0.4, 0.5) is 0 Å². The summed E-state index contributed by atoms with van der Waals surface area (Å²) in [5, 5.41) is 8.09. The molecule has 0 fully saturated rings. The molecule has 0 aliphatic rings. The fourth-order valence-corrected chi connectivity index (χ4v) is 1.69. The van der Waals surface area contributed by atoms with Crippen LogP contribution in [0.1, 0.15) is 5.56 Å². The molecular formula is C12H11BrN2O. The summed E-state index contributed by atoms with van der Waals surface area (Å²) in [5.74, 6) is 0.808. The van der Waals surface area contributed by atoms with Gasteiger partial charge in [0.1, 0.15) is 10.4 Å². The molecule has 0 N–H and O–H groups in total. The van der Waals surface area contributed by atoms with Crippen LogP contribution in [0.3, 0.4) is 0 Å². The van der Waals surface area contributed by atoms with E-state index >= 15 is 0 Å². The Bertz CT molecular complexity index is 497. The SMILES string of the molecule is COc1ccc(C)cc1-c1ccc(Br)nn1. The standard InChI is InChI=1S/C12H11BrN2O/c1-8-3-5-11(16-2)9(7-8)10-4-6-12(13)15-14-10/h3-7H,1-2H3. The summed E-state index contributed by atoms with van der Waals surface area (Å²) in [4.78, 5) is 0. The molecule has 1 heterocycles. The van der Waals surface area contributed by atoms with Crippen molar-refractivity contribution in [3.63, 3.8) is 0 Å². The van der Waals surface area contributed by atoms with Crippen molar-refractivity contribution in [1.29, 1.82) is 0 Å². The summed E-state index contributed by atoms with van der Waals surface area (Å²) in [6.45, 7) is 2.04. The minimum atomic E-state index is 0.725. The Kier molecular flexibility index (Phi) is 3.19. The quantitative estimate of drug-likeness (QED) is 0.846. The number of halogens is 1. The molecule has 1 aromatic carbocycles. The number of benzene rings is 1. The zero-order valence-electron chi connectivity index (χ0n) is 9.07. The maximum absolute atomic E-state index is 5.31. The Morgan fingerprint density at radius 2 is 1.94 bits per heavy atom. The highest BCUT2D eigenvalue weighted by molar-refractivity contribution is 9.10. The molecular weight excluding hydrogens is 268 g/mol. The third-order valence-electron chi connectivity index (χ3n) is 2.26. The third kappa shape index (κ3) is 2.22. The average Bonchev–Trinajstić information content (AvgIpc) is 2.30. The first-order valence-corrected chi connectivity index (χ1v) is 5.64. The highest BCUT2D eigenvalue weighted by Crippen LogP contribution is 2.29. The van der Waals surface area contributed by atoms with Crippen LogP contribution >= 0.6 is 15.9 Å². The minimum absolute atomic E-state index is 0.725. The van der Waals surface area contributed by atoms with Gasteiger partial charge < -0.3 is 4.74 Å². The number of nitrogens with zero attached hydrogens (tertiary/aromatic N) is 2. The summed E-state index contributed by atoms with van der Waals surface area (Å²) < 4.78 is 6.03. The van der Waals surface area contributed by atoms with Gasteiger partial charge in [-0.3, -0.25) is 0 Å². The minimum Gasteiger partial charge on any atom is -0.496 e. The summed E-state index contributed by atoms with van der Waals surface area (Å²) in [6, 6.07) is 9.76. The van der Waals surface area contributed by atoms with Crippen LogP contribution in [0, 0.1) is 6.92 Å². The molecule has 0 unspecified atom stereocenters. The van der Waals surface area contributed by atoms with Crippen molar-refractivity contribution in [3.8, 4) is 17.0 Å². The smallest absolute Gasteiger partial charge is 0.128 e. The van der Waals surface area contributed by atoms with E-state index in [1.165, 1.54) is 5.56 Å². The van der Waals surface area contributed by atoms with Gasteiger partial charge in [0.25, 0.3) is 0 Å². The second kappa shape index (κ2) is 4.61. The van der Waals surface area contributed by atoms with Gasteiger partial charge in [0.2, 0.25) is 0 Å². The van der Waals surface area contributed by atoms with E-state index in [4.69, 9.17) is 4.74 Å². The van der Waals surface area contributed by atoms with Crippen LogP contribution in [-0.2, 0) is 0 Å². The molecule has 1 aromatic heterocycles. The van der Waals surface area contributed by atoms with Gasteiger partial charge in [-0.05, 0) is 47.1 Å². The molecule has 0 saturated carbocycles. The maximum Gasteiger partial charge on any atom is 0.128 e. The number of ether oxygens (including phenoxy) is 1. The lowest BCUT2D eigenvalue weighted by Crippen LogP contribution is -1.92. The summed E-state index contributed by atoms with van der Waals surface area (Å²) in [7, 11) is 1.65. The Labute approximate surface area is 103 Å². The van der Waals surface area contributed by atoms with Crippen LogP contribution in [0.15, 0.2) is 34.9 Å². The molecule has 0 atom stereocenters. The van der Waals surface area contributed by atoms with Crippen LogP contribution in [0.25, 0.3) is 11.3 Å². The highest BCUT2D eigenvalue weighted by Gasteiger charge is 2.07. The van der Waals surface area contributed by atoms with Crippen molar-refractivity contribution < 1.29 is 4.74 Å². The molecule has 2 rings (SSSR count). The Morgan fingerprint density at radius 3 is 2.56 bits per heavy atom. The molecule has 3 nitrogen and oxygen atoms in total. The van der Waals surface area contributed by atoms with Crippen LogP contribution in [-0.4, -0.2) is 17.3 Å². The van der Waals surface area contributed by atoms with E-state index in [-0.39, 0.29) is 0 Å². The Hall–Kier alpha value is -1.42. The fraction of sp³-hybridized carbons (Fsp3) is 0.167. The number of aromatic nitrogens is 2. The molecule has 2 aromatic rings. The molecule has 0 bridgehead atoms. The third-order valence-corrected chi connectivity index (χ3v) is 2.69. The van der Waals surface area contributed by atoms with E-state index in [9.17, 15) is 0 Å². The van der Waals surface area contributed by atoms with E-state index in [1.807, 2.05) is 37.3 Å². The largest absolute Gasteiger partial charge is 0.496 e. The summed E-state index contributed by atoms with van der Waals surface area (Å²) in [6.07, 6.45) is 0. The monoisotopic (exact) mass is 278 g/mol. The average molecular weight is 279 g/mol. The van der Waals surface area contributed by atoms with Crippen molar-refractivity contribution in [1.82, 2.24) is 10.2 Å². The van der Waals surface area contributed by atoms with Gasteiger partial charge in [-0.1, -0.05) is 11.6 Å². The molecule has 0 spiro atoms. The van der Waals surface area contributed by atoms with Crippen molar-refractivity contribution in [3.05, 3.63) is 40.5 Å². The number of aryl methyl sites for hydroxylation is 1. The molecule has 16 heavy (non-hydrogen) atoms. The Balaban J connectivity index is 2.53. The maximum atomic E-state index is 5.31. The number of hydrogen-bond donors (Lipinski definition) is 0. The van der Waals surface area contributed by atoms with Gasteiger partial charge in [-0.2, -0.15) is 0 Å². The van der Waals surface area contributed by atoms with E-state index < -0.39 is 0 Å². The first-order chi connectivity index (χ1) is 7.70. The summed E-state index contributed by atoms with van der Waals surface area (Å²) in [5.41, 5.74) is 2.94. The Morgan fingerprint density at radius 1 is 1.12 bits per heavy atom. The zero-order valence-corrected chi connectivity index (χ0v) is 10.7. The van der Waals surface area contributed by atoms with E-state index in [0.717, 1.165) is 21.6 Å². The van der Waals surface area contributed by atoms with Crippen LogP contribution in [0.2, 0.25) is 0 Å². The molecule has 0 radical (unpaired) electrons. The molecule has 82 valence electrons. The number of rotatable bonds is 2. The molecule has 0 aliphatic heterocycles. The van der Waals surface area contributed by atoms with Crippen LogP contribution in [0.5, 0.6) is 5.75 Å². The zero-order chi connectivity index (χ0) is 11.5. The first-order valence-electron chi connectivity index (χ1n) is 4.85. The lowest BCUT2D eigenvalue weighted by molar-refractivity contribution is 0.416. The molecule has 0 amide bonds. The van der Waals surface area contributed by atoms with E-state index in [1.54, 1.807) is 7.11 Å². The van der Waals surface area contributed by atoms with E-state index in [0.29, 0.717) is 0 Å². The predicted octanol–water partition coefficient (Wildman–Crippen LogP) is 3.22. The van der Waals surface area contributed by atoms with Gasteiger partial charge >= 0.3 is 0 Å². The number of methoxy groups -OCH3 is 1. The first kappa shape index (κ1) is 11.1. The normalized spacial score (nSPS) is 10.2. The van der Waals surface area contributed by atoms with Crippen LogP contribution < -0.4 is 4.74 Å². The molecule has 0 aliphatic carbocycles. The van der Waals surface area contributed by atoms with Crippen molar-refractivity contribution >= 4 is 15.9 Å². The topological polar surface area (TPSA) is 35.0 Å². The molecule has 0 saturated heterocycles. The van der Waals surface area contributed by atoms with Crippen molar-refractivity contribution in [2.75, 3.05) is 7.11 Å². The molecule has 4 heteroatoms. The van der Waals surface area contributed by atoms with Gasteiger partial charge in [-0.15, -0.1) is 10.2 Å². The van der Waals surface area contributed by atoms with Gasteiger partial charge in [0, 0.05) is 5.56 Å². The van der Waals surface area contributed by atoms with Gasteiger partial charge in [0.05, 0.1) is 12.8 Å².